The largest absolute Gasteiger partial charge is 0.481 e. The van der Waals surface area contributed by atoms with Crippen LogP contribution in [-0.4, -0.2) is 22.2 Å². The maximum absolute atomic E-state index is 12.0. The summed E-state index contributed by atoms with van der Waals surface area (Å²) in [6.45, 7) is 11.2. The van der Waals surface area contributed by atoms with Gasteiger partial charge >= 0.3 is 5.97 Å². The zero-order valence-corrected chi connectivity index (χ0v) is 23.2. The smallest absolute Gasteiger partial charge is 0.306 e. The van der Waals surface area contributed by atoms with Crippen LogP contribution in [0, 0.1) is 11.8 Å². The predicted octanol–water partition coefficient (Wildman–Crippen LogP) is 9.29. The fourth-order valence-corrected chi connectivity index (χ4v) is 6.34. The van der Waals surface area contributed by atoms with Crippen molar-refractivity contribution < 1.29 is 9.90 Å². The number of rotatable bonds is 20. The average Bonchev–Trinajstić information content (AvgIpc) is 2.70. The van der Waals surface area contributed by atoms with Crippen molar-refractivity contribution in [3.8, 4) is 0 Å². The highest BCUT2D eigenvalue weighted by atomic mass is 16.4. The fourth-order valence-electron chi connectivity index (χ4n) is 6.34. The number of carboxylic acid groups (broad SMARTS) is 1. The quantitative estimate of drug-likeness (QED) is 0.176. The Morgan fingerprint density at radius 2 is 1.03 bits per heavy atom. The number of hydrogen-bond donors (Lipinski definition) is 2. The van der Waals surface area contributed by atoms with Gasteiger partial charge in [-0.1, -0.05) is 116 Å². The summed E-state index contributed by atoms with van der Waals surface area (Å²) >= 11 is 0. The van der Waals surface area contributed by atoms with Gasteiger partial charge in [0.2, 0.25) is 0 Å². The van der Waals surface area contributed by atoms with Crippen LogP contribution in [0.15, 0.2) is 0 Å². The van der Waals surface area contributed by atoms with Crippen LogP contribution in [0.3, 0.4) is 0 Å². The van der Waals surface area contributed by atoms with Gasteiger partial charge in [0.15, 0.2) is 0 Å². The first-order chi connectivity index (χ1) is 15.7. The molecule has 0 amide bonds. The highest BCUT2D eigenvalue weighted by Gasteiger charge is 2.42. The van der Waals surface area contributed by atoms with Crippen LogP contribution in [-0.2, 0) is 4.79 Å². The highest BCUT2D eigenvalue weighted by Crippen LogP contribution is 2.39. The second-order valence-electron chi connectivity index (χ2n) is 12.5. The Balaban J connectivity index is 2.01. The number of unbranched alkanes of at least 4 members (excludes halogenated alkanes) is 16. The lowest BCUT2D eigenvalue weighted by Gasteiger charge is -2.48. The van der Waals surface area contributed by atoms with E-state index in [9.17, 15) is 9.90 Å². The summed E-state index contributed by atoms with van der Waals surface area (Å²) in [5, 5.41) is 13.6. The minimum absolute atomic E-state index is 0.0222. The van der Waals surface area contributed by atoms with Gasteiger partial charge in [0, 0.05) is 11.1 Å². The van der Waals surface area contributed by atoms with Crippen molar-refractivity contribution in [1.29, 1.82) is 0 Å². The molecule has 1 saturated heterocycles. The summed E-state index contributed by atoms with van der Waals surface area (Å²) in [4.78, 5) is 12.0. The van der Waals surface area contributed by atoms with Crippen molar-refractivity contribution in [1.82, 2.24) is 5.32 Å². The SMILES string of the molecule is CCCCCCCCCCCCCCCCCCCC(C(=O)O)C1CC(C)(C)NC(C)(C)C1. The molecule has 0 aromatic rings. The van der Waals surface area contributed by atoms with E-state index in [1.165, 1.54) is 103 Å². The van der Waals surface area contributed by atoms with Crippen molar-refractivity contribution >= 4 is 5.97 Å². The van der Waals surface area contributed by atoms with Crippen molar-refractivity contribution in [2.75, 3.05) is 0 Å². The van der Waals surface area contributed by atoms with Crippen molar-refractivity contribution in [2.24, 2.45) is 11.8 Å². The lowest BCUT2D eigenvalue weighted by atomic mass is 9.69. The first-order valence-corrected chi connectivity index (χ1v) is 14.7. The number of carboxylic acids is 1. The number of hydrogen-bond acceptors (Lipinski definition) is 2. The molecule has 0 aliphatic carbocycles. The van der Waals surface area contributed by atoms with Crippen molar-refractivity contribution in [2.45, 2.75) is 174 Å². The van der Waals surface area contributed by atoms with Gasteiger partial charge in [0.25, 0.3) is 0 Å². The standard InChI is InChI=1S/C30H59NO2/c1-6-7-8-9-10-11-12-13-14-15-16-17-18-19-20-21-22-23-27(28(32)33)26-24-29(2,3)31-30(4,5)25-26/h26-27,31H,6-25H2,1-5H3,(H,32,33). The second-order valence-corrected chi connectivity index (χ2v) is 12.5. The lowest BCUT2D eigenvalue weighted by Crippen LogP contribution is -2.59. The summed E-state index contributed by atoms with van der Waals surface area (Å²) in [6.07, 6.45) is 26.0. The van der Waals surface area contributed by atoms with Gasteiger partial charge in [-0.15, -0.1) is 0 Å². The zero-order chi connectivity index (χ0) is 24.6. The Morgan fingerprint density at radius 3 is 1.36 bits per heavy atom. The minimum atomic E-state index is -0.579. The van der Waals surface area contributed by atoms with Gasteiger partial charge in [-0.25, -0.2) is 0 Å². The van der Waals surface area contributed by atoms with Crippen molar-refractivity contribution in [3.05, 3.63) is 0 Å². The first-order valence-electron chi connectivity index (χ1n) is 14.7. The molecule has 0 radical (unpaired) electrons. The van der Waals surface area contributed by atoms with E-state index in [1.807, 2.05) is 0 Å². The molecule has 1 rings (SSSR count). The van der Waals surface area contributed by atoms with Gasteiger partial charge in [-0.3, -0.25) is 4.79 Å². The molecule has 196 valence electrons. The van der Waals surface area contributed by atoms with E-state index < -0.39 is 5.97 Å². The van der Waals surface area contributed by atoms with Crippen LogP contribution in [0.25, 0.3) is 0 Å². The number of piperidine rings is 1. The van der Waals surface area contributed by atoms with Gasteiger partial charge in [0.05, 0.1) is 5.92 Å². The van der Waals surface area contributed by atoms with E-state index in [-0.39, 0.29) is 22.9 Å². The summed E-state index contributed by atoms with van der Waals surface area (Å²) in [7, 11) is 0. The van der Waals surface area contributed by atoms with E-state index in [0.29, 0.717) is 0 Å². The highest BCUT2D eigenvalue weighted by molar-refractivity contribution is 5.70. The van der Waals surface area contributed by atoms with Gasteiger partial charge in [-0.05, 0) is 52.9 Å². The van der Waals surface area contributed by atoms with Crippen LogP contribution in [0.5, 0.6) is 0 Å². The minimum Gasteiger partial charge on any atom is -0.481 e. The molecule has 1 fully saturated rings. The van der Waals surface area contributed by atoms with E-state index >= 15 is 0 Å². The normalized spacial score (nSPS) is 18.9. The number of nitrogens with one attached hydrogen (secondary N) is 1. The predicted molar refractivity (Wildman–Crippen MR) is 144 cm³/mol. The molecule has 0 aromatic carbocycles. The molecule has 1 aliphatic heterocycles. The van der Waals surface area contributed by atoms with Crippen LogP contribution in [0.2, 0.25) is 0 Å². The van der Waals surface area contributed by atoms with Crippen LogP contribution < -0.4 is 5.32 Å². The number of carbonyl (C=O) groups is 1. The molecule has 0 bridgehead atoms. The topological polar surface area (TPSA) is 49.3 Å². The molecule has 0 spiro atoms. The monoisotopic (exact) mass is 465 g/mol. The summed E-state index contributed by atoms with van der Waals surface area (Å²) in [5.74, 6) is -0.471. The number of aliphatic carboxylic acids is 1. The molecule has 3 nitrogen and oxygen atoms in total. The van der Waals surface area contributed by atoms with E-state index in [1.54, 1.807) is 0 Å². The molecule has 33 heavy (non-hydrogen) atoms. The third kappa shape index (κ3) is 15.1. The van der Waals surface area contributed by atoms with Gasteiger partial charge < -0.3 is 10.4 Å². The molecule has 1 atom stereocenters. The summed E-state index contributed by atoms with van der Waals surface area (Å²) < 4.78 is 0. The molecule has 1 aliphatic rings. The maximum atomic E-state index is 12.0. The Labute approximate surface area is 207 Å². The van der Waals surface area contributed by atoms with E-state index in [0.717, 1.165) is 25.7 Å². The lowest BCUT2D eigenvalue weighted by molar-refractivity contribution is -0.145. The van der Waals surface area contributed by atoms with Gasteiger partial charge in [0.1, 0.15) is 0 Å². The average molecular weight is 466 g/mol. The maximum Gasteiger partial charge on any atom is 0.306 e. The van der Waals surface area contributed by atoms with E-state index in [4.69, 9.17) is 0 Å². The Morgan fingerprint density at radius 1 is 0.697 bits per heavy atom. The third-order valence-corrected chi connectivity index (χ3v) is 7.73. The molecular formula is C30H59NO2. The Kier molecular flexibility index (Phi) is 15.7. The molecule has 0 aromatic heterocycles. The second kappa shape index (κ2) is 17.0. The molecule has 1 unspecified atom stereocenters. The molecule has 1 heterocycles. The zero-order valence-electron chi connectivity index (χ0n) is 23.2. The fraction of sp³-hybridized carbons (Fsp3) is 0.967. The molecule has 3 heteroatoms. The van der Waals surface area contributed by atoms with Crippen LogP contribution in [0.1, 0.15) is 163 Å². The summed E-state index contributed by atoms with van der Waals surface area (Å²) in [5.41, 5.74) is 0.0444. The third-order valence-electron chi connectivity index (χ3n) is 7.73. The Hall–Kier alpha value is -0.570. The Bertz CT molecular complexity index is 484. The first kappa shape index (κ1) is 30.5. The molecular weight excluding hydrogens is 406 g/mol. The van der Waals surface area contributed by atoms with Crippen LogP contribution >= 0.6 is 0 Å². The summed E-state index contributed by atoms with van der Waals surface area (Å²) in [6, 6.07) is 0. The van der Waals surface area contributed by atoms with E-state index in [2.05, 4.69) is 39.9 Å². The van der Waals surface area contributed by atoms with Crippen LogP contribution in [0.4, 0.5) is 0 Å². The molecule has 2 N–H and O–H groups in total. The van der Waals surface area contributed by atoms with Crippen molar-refractivity contribution in [3.63, 3.8) is 0 Å². The molecule has 0 saturated carbocycles. The van der Waals surface area contributed by atoms with Gasteiger partial charge in [-0.2, -0.15) is 0 Å².